The molecule has 0 radical (unpaired) electrons. The first kappa shape index (κ1) is 20.4. The fraction of sp³-hybridized carbons (Fsp3) is 0.391. The number of carbonyl (C=O) groups is 1. The number of pyridine rings is 1. The molecule has 3 N–H and O–H groups in total. The Kier molecular flexibility index (Phi) is 6.01. The summed E-state index contributed by atoms with van der Waals surface area (Å²) >= 11 is 0. The summed E-state index contributed by atoms with van der Waals surface area (Å²) in [6.07, 6.45) is 2.77. The van der Waals surface area contributed by atoms with E-state index in [4.69, 9.17) is 10.2 Å². The Morgan fingerprint density at radius 2 is 1.93 bits per heavy atom. The molecule has 0 bridgehead atoms. The lowest BCUT2D eigenvalue weighted by atomic mass is 10.1. The first-order valence-electron chi connectivity index (χ1n) is 10.5. The molecule has 3 aromatic rings. The van der Waals surface area contributed by atoms with E-state index >= 15 is 0 Å². The van der Waals surface area contributed by atoms with Crippen molar-refractivity contribution in [3.63, 3.8) is 0 Å². The molecule has 0 saturated carbocycles. The van der Waals surface area contributed by atoms with Crippen molar-refractivity contribution in [1.82, 2.24) is 14.8 Å². The third-order valence-corrected chi connectivity index (χ3v) is 5.58. The van der Waals surface area contributed by atoms with Crippen LogP contribution in [0.3, 0.4) is 0 Å². The Bertz CT molecular complexity index is 1040. The van der Waals surface area contributed by atoms with Crippen LogP contribution < -0.4 is 11.1 Å². The molecule has 0 atom stereocenters. The van der Waals surface area contributed by atoms with Gasteiger partial charge in [0.05, 0.1) is 11.8 Å². The summed E-state index contributed by atoms with van der Waals surface area (Å²) in [7, 11) is 0. The highest BCUT2D eigenvalue weighted by molar-refractivity contribution is 6.04. The maximum absolute atomic E-state index is 12.9. The smallest absolute Gasteiger partial charge is 0.291 e. The minimum atomic E-state index is -0.252. The van der Waals surface area contributed by atoms with Crippen molar-refractivity contribution < 1.29 is 9.21 Å². The van der Waals surface area contributed by atoms with Crippen molar-refractivity contribution in [3.05, 3.63) is 53.6 Å². The lowest BCUT2D eigenvalue weighted by Crippen LogP contribution is -2.46. The highest BCUT2D eigenvalue weighted by Gasteiger charge is 2.21. The first-order chi connectivity index (χ1) is 14.5. The fourth-order valence-corrected chi connectivity index (χ4v) is 4.04. The number of nitrogens with two attached hydrogens (primary N) is 1. The number of anilines is 2. The van der Waals surface area contributed by atoms with Gasteiger partial charge in [0.15, 0.2) is 5.76 Å². The van der Waals surface area contributed by atoms with Crippen LogP contribution in [0, 0.1) is 6.92 Å². The van der Waals surface area contributed by atoms with Crippen LogP contribution in [0.4, 0.5) is 11.4 Å². The average molecular weight is 408 g/mol. The molecular formula is C23H29N5O2. The van der Waals surface area contributed by atoms with E-state index in [2.05, 4.69) is 27.0 Å². The van der Waals surface area contributed by atoms with Crippen molar-refractivity contribution in [2.45, 2.75) is 26.8 Å². The molecule has 7 heteroatoms. The van der Waals surface area contributed by atoms with Gasteiger partial charge >= 0.3 is 0 Å². The number of furan rings is 1. The SMILES string of the molecule is CCCN1CCN(Cc2ccoc2C(=O)Nc2ccc3nc(C)cc(N)c3c2)CC1. The molecule has 0 spiro atoms. The van der Waals surface area contributed by atoms with Crippen LogP contribution in [0.2, 0.25) is 0 Å². The summed E-state index contributed by atoms with van der Waals surface area (Å²) in [6, 6.07) is 9.27. The number of nitrogens with one attached hydrogen (secondary N) is 1. The number of hydrogen-bond donors (Lipinski definition) is 2. The number of amides is 1. The van der Waals surface area contributed by atoms with E-state index in [0.29, 0.717) is 23.7 Å². The number of aromatic nitrogens is 1. The third kappa shape index (κ3) is 4.47. The van der Waals surface area contributed by atoms with Gasteiger partial charge in [-0.25, -0.2) is 0 Å². The second-order valence-corrected chi connectivity index (χ2v) is 7.93. The quantitative estimate of drug-likeness (QED) is 0.650. The lowest BCUT2D eigenvalue weighted by molar-refractivity contribution is 0.0989. The summed E-state index contributed by atoms with van der Waals surface area (Å²) in [6.45, 7) is 10.1. The van der Waals surface area contributed by atoms with E-state index in [0.717, 1.165) is 54.9 Å². The van der Waals surface area contributed by atoms with Crippen LogP contribution in [-0.2, 0) is 6.54 Å². The summed E-state index contributed by atoms with van der Waals surface area (Å²) in [5, 5.41) is 3.76. The molecule has 1 fully saturated rings. The Morgan fingerprint density at radius 3 is 2.70 bits per heavy atom. The van der Waals surface area contributed by atoms with E-state index in [1.54, 1.807) is 6.26 Å². The van der Waals surface area contributed by atoms with Crippen LogP contribution >= 0.6 is 0 Å². The Hall–Kier alpha value is -2.90. The third-order valence-electron chi connectivity index (χ3n) is 5.58. The predicted molar refractivity (Wildman–Crippen MR) is 120 cm³/mol. The van der Waals surface area contributed by atoms with Gasteiger partial charge in [-0.3, -0.25) is 14.7 Å². The molecular weight excluding hydrogens is 378 g/mol. The number of nitrogens with zero attached hydrogens (tertiary/aromatic N) is 3. The minimum absolute atomic E-state index is 0.252. The normalized spacial score (nSPS) is 15.5. The minimum Gasteiger partial charge on any atom is -0.459 e. The topological polar surface area (TPSA) is 87.6 Å². The number of benzene rings is 1. The van der Waals surface area contributed by atoms with Gasteiger partial charge in [-0.1, -0.05) is 6.92 Å². The monoisotopic (exact) mass is 407 g/mol. The van der Waals surface area contributed by atoms with Gasteiger partial charge < -0.3 is 20.4 Å². The highest BCUT2D eigenvalue weighted by atomic mass is 16.3. The van der Waals surface area contributed by atoms with Crippen LogP contribution in [0.15, 0.2) is 41.0 Å². The number of carbonyl (C=O) groups excluding carboxylic acids is 1. The molecule has 158 valence electrons. The number of fused-ring (bicyclic) bond motifs is 1. The van der Waals surface area contributed by atoms with Crippen molar-refractivity contribution in [3.8, 4) is 0 Å². The predicted octanol–water partition coefficient (Wildman–Crippen LogP) is 3.50. The van der Waals surface area contributed by atoms with E-state index in [9.17, 15) is 4.79 Å². The van der Waals surface area contributed by atoms with Gasteiger partial charge in [-0.05, 0) is 50.2 Å². The van der Waals surface area contributed by atoms with Crippen LogP contribution in [-0.4, -0.2) is 53.4 Å². The van der Waals surface area contributed by atoms with Crippen LogP contribution in [0.5, 0.6) is 0 Å². The van der Waals surface area contributed by atoms with Crippen molar-refractivity contribution in [2.75, 3.05) is 43.8 Å². The van der Waals surface area contributed by atoms with E-state index in [1.165, 1.54) is 6.42 Å². The summed E-state index contributed by atoms with van der Waals surface area (Å²) < 4.78 is 5.54. The van der Waals surface area contributed by atoms with Gasteiger partial charge in [0.25, 0.3) is 5.91 Å². The fourth-order valence-electron chi connectivity index (χ4n) is 4.04. The number of aryl methyl sites for hydroxylation is 1. The molecule has 4 rings (SSSR count). The lowest BCUT2D eigenvalue weighted by Gasteiger charge is -2.34. The molecule has 1 amide bonds. The molecule has 1 aliphatic heterocycles. The number of piperazine rings is 1. The van der Waals surface area contributed by atoms with Crippen molar-refractivity contribution in [1.29, 1.82) is 0 Å². The number of nitrogen functional groups attached to an aromatic ring is 1. The van der Waals surface area contributed by atoms with E-state index in [-0.39, 0.29) is 5.91 Å². The first-order valence-corrected chi connectivity index (χ1v) is 10.5. The largest absolute Gasteiger partial charge is 0.459 e. The molecule has 1 aromatic carbocycles. The molecule has 1 saturated heterocycles. The summed E-state index contributed by atoms with van der Waals surface area (Å²) in [5.74, 6) is 0.110. The zero-order valence-corrected chi connectivity index (χ0v) is 17.6. The van der Waals surface area contributed by atoms with Gasteiger partial charge in [0.2, 0.25) is 0 Å². The van der Waals surface area contributed by atoms with Crippen LogP contribution in [0.1, 0.15) is 35.2 Å². The van der Waals surface area contributed by atoms with Gasteiger partial charge in [-0.2, -0.15) is 0 Å². The highest BCUT2D eigenvalue weighted by Crippen LogP contribution is 2.25. The maximum atomic E-state index is 12.9. The summed E-state index contributed by atoms with van der Waals surface area (Å²) in [4.78, 5) is 22.2. The molecule has 0 aliphatic carbocycles. The molecule has 30 heavy (non-hydrogen) atoms. The Balaban J connectivity index is 1.44. The number of hydrogen-bond acceptors (Lipinski definition) is 6. The van der Waals surface area contributed by atoms with Crippen molar-refractivity contribution >= 4 is 28.2 Å². The number of rotatable bonds is 6. The second kappa shape index (κ2) is 8.85. The standard InChI is InChI=1S/C23H29N5O2/c1-3-7-27-8-10-28(11-9-27)15-17-6-12-30-22(17)23(29)26-18-4-5-21-19(14-18)20(24)13-16(2)25-21/h4-6,12-14H,3,7-11,15H2,1-2H3,(H2,24,25)(H,26,29). The van der Waals surface area contributed by atoms with Crippen LogP contribution in [0.25, 0.3) is 10.9 Å². The van der Waals surface area contributed by atoms with Crippen molar-refractivity contribution in [2.24, 2.45) is 0 Å². The Labute approximate surface area is 176 Å². The van der Waals surface area contributed by atoms with E-state index < -0.39 is 0 Å². The molecule has 3 heterocycles. The van der Waals surface area contributed by atoms with Gasteiger partial charge in [0, 0.05) is 60.7 Å². The van der Waals surface area contributed by atoms with Gasteiger partial charge in [-0.15, -0.1) is 0 Å². The summed E-state index contributed by atoms with van der Waals surface area (Å²) in [5.41, 5.74) is 10.0. The molecule has 7 nitrogen and oxygen atoms in total. The zero-order valence-electron chi connectivity index (χ0n) is 17.6. The molecule has 2 aromatic heterocycles. The average Bonchev–Trinajstić information content (AvgIpc) is 3.18. The zero-order chi connectivity index (χ0) is 21.1. The second-order valence-electron chi connectivity index (χ2n) is 7.93. The maximum Gasteiger partial charge on any atom is 0.291 e. The molecule has 0 unspecified atom stereocenters. The molecule has 1 aliphatic rings. The van der Waals surface area contributed by atoms with Gasteiger partial charge in [0.1, 0.15) is 0 Å². The Morgan fingerprint density at radius 1 is 1.17 bits per heavy atom. The van der Waals surface area contributed by atoms with E-state index in [1.807, 2.05) is 37.3 Å².